The predicted octanol–water partition coefficient (Wildman–Crippen LogP) is 4.07. The minimum absolute atomic E-state index is 0.462. The molecule has 0 aromatic carbocycles. The molecule has 1 heterocycles. The summed E-state index contributed by atoms with van der Waals surface area (Å²) in [5, 5.41) is 3.47. The van der Waals surface area contributed by atoms with Crippen molar-refractivity contribution in [1.29, 1.82) is 0 Å². The summed E-state index contributed by atoms with van der Waals surface area (Å²) < 4.78 is 1.06. The quantitative estimate of drug-likeness (QED) is 0.779. The number of hydrogen-bond donors (Lipinski definition) is 1. The highest BCUT2D eigenvalue weighted by atomic mass is 79.9. The lowest BCUT2D eigenvalue weighted by molar-refractivity contribution is 0.295. The molecule has 19 heavy (non-hydrogen) atoms. The van der Waals surface area contributed by atoms with Crippen LogP contribution in [0, 0.1) is 6.92 Å². The molecule has 1 N–H and O–H groups in total. The van der Waals surface area contributed by atoms with Crippen LogP contribution in [0.5, 0.6) is 0 Å². The summed E-state index contributed by atoms with van der Waals surface area (Å²) in [6.07, 6.45) is 2.40. The van der Waals surface area contributed by atoms with Gasteiger partial charge in [-0.1, -0.05) is 13.8 Å². The maximum absolute atomic E-state index is 4.52. The fraction of sp³-hybridized carbons (Fsp3) is 0.667. The zero-order valence-corrected chi connectivity index (χ0v) is 14.1. The van der Waals surface area contributed by atoms with E-state index < -0.39 is 0 Å². The van der Waals surface area contributed by atoms with Gasteiger partial charge in [-0.25, -0.2) is 4.98 Å². The molecule has 0 spiro atoms. The fourth-order valence-electron chi connectivity index (χ4n) is 2.11. The minimum Gasteiger partial charge on any atom is -0.368 e. The molecule has 1 aromatic rings. The van der Waals surface area contributed by atoms with E-state index in [0.717, 1.165) is 29.1 Å². The average molecular weight is 328 g/mol. The summed E-state index contributed by atoms with van der Waals surface area (Å²) in [6, 6.07) is 4.54. The van der Waals surface area contributed by atoms with E-state index in [4.69, 9.17) is 0 Å². The highest BCUT2D eigenvalue weighted by Gasteiger charge is 2.06. The Hall–Kier alpha value is -0.610. The Morgan fingerprint density at radius 2 is 2.00 bits per heavy atom. The molecule has 0 saturated heterocycles. The van der Waals surface area contributed by atoms with Crippen LogP contribution in [0.25, 0.3) is 0 Å². The molecular weight excluding hydrogens is 302 g/mol. The Bertz CT molecular complexity index is 378. The van der Waals surface area contributed by atoms with Crippen molar-refractivity contribution in [2.24, 2.45) is 0 Å². The van der Waals surface area contributed by atoms with E-state index in [2.05, 4.69) is 51.9 Å². The summed E-state index contributed by atoms with van der Waals surface area (Å²) in [4.78, 5) is 6.99. The first kappa shape index (κ1) is 16.4. The van der Waals surface area contributed by atoms with Gasteiger partial charge in [0.2, 0.25) is 0 Å². The Morgan fingerprint density at radius 1 is 1.32 bits per heavy atom. The van der Waals surface area contributed by atoms with Gasteiger partial charge in [-0.2, -0.15) is 0 Å². The van der Waals surface area contributed by atoms with Gasteiger partial charge < -0.3 is 10.2 Å². The van der Waals surface area contributed by atoms with Gasteiger partial charge in [0.1, 0.15) is 5.82 Å². The number of pyridine rings is 1. The molecule has 0 radical (unpaired) electrons. The fourth-order valence-corrected chi connectivity index (χ4v) is 2.33. The molecular formula is C15H26BrN3. The molecule has 1 rings (SSSR count). The van der Waals surface area contributed by atoms with Gasteiger partial charge in [0.05, 0.1) is 5.69 Å². The van der Waals surface area contributed by atoms with Crippen LogP contribution in [0.3, 0.4) is 0 Å². The first-order chi connectivity index (χ1) is 9.06. The number of nitrogens with zero attached hydrogens (tertiary/aromatic N) is 2. The zero-order chi connectivity index (χ0) is 14.3. The maximum Gasteiger partial charge on any atom is 0.126 e. The second-order valence-corrected chi connectivity index (χ2v) is 5.83. The van der Waals surface area contributed by atoms with Gasteiger partial charge >= 0.3 is 0 Å². The third-order valence-electron chi connectivity index (χ3n) is 3.42. The lowest BCUT2D eigenvalue weighted by Gasteiger charge is -2.20. The first-order valence-electron chi connectivity index (χ1n) is 7.18. The first-order valence-corrected chi connectivity index (χ1v) is 7.98. The summed E-state index contributed by atoms with van der Waals surface area (Å²) in [5.41, 5.74) is 1.03. The normalized spacial score (nSPS) is 12.7. The van der Waals surface area contributed by atoms with Gasteiger partial charge in [-0.15, -0.1) is 0 Å². The van der Waals surface area contributed by atoms with Crippen LogP contribution >= 0.6 is 15.9 Å². The van der Waals surface area contributed by atoms with E-state index in [1.54, 1.807) is 0 Å². The molecule has 0 aliphatic carbocycles. The van der Waals surface area contributed by atoms with Crippen molar-refractivity contribution < 1.29 is 0 Å². The summed E-state index contributed by atoms with van der Waals surface area (Å²) in [6.45, 7) is 12.2. The number of anilines is 1. The van der Waals surface area contributed by atoms with Crippen molar-refractivity contribution in [2.45, 2.75) is 46.6 Å². The van der Waals surface area contributed by atoms with Crippen LogP contribution in [-0.2, 0) is 0 Å². The predicted molar refractivity (Wildman–Crippen MR) is 86.8 cm³/mol. The summed E-state index contributed by atoms with van der Waals surface area (Å²) >= 11 is 3.47. The largest absolute Gasteiger partial charge is 0.368 e. The van der Waals surface area contributed by atoms with E-state index in [9.17, 15) is 0 Å². The number of rotatable bonds is 8. The minimum atomic E-state index is 0.462. The second-order valence-electron chi connectivity index (χ2n) is 4.98. The third-order valence-corrected chi connectivity index (χ3v) is 4.26. The second kappa shape index (κ2) is 8.54. The van der Waals surface area contributed by atoms with Crippen molar-refractivity contribution in [3.8, 4) is 0 Å². The smallest absolute Gasteiger partial charge is 0.126 e. The van der Waals surface area contributed by atoms with Gasteiger partial charge in [0.15, 0.2) is 0 Å². The molecule has 4 heteroatoms. The number of aromatic nitrogens is 1. The van der Waals surface area contributed by atoms with Gasteiger partial charge in [0.25, 0.3) is 0 Å². The molecule has 0 aliphatic heterocycles. The van der Waals surface area contributed by atoms with Crippen molar-refractivity contribution in [2.75, 3.05) is 25.0 Å². The molecule has 0 saturated carbocycles. The number of hydrogen-bond acceptors (Lipinski definition) is 3. The van der Waals surface area contributed by atoms with Gasteiger partial charge in [-0.05, 0) is 74.4 Å². The van der Waals surface area contributed by atoms with E-state index in [1.165, 1.54) is 19.4 Å². The molecule has 0 fully saturated rings. The molecule has 3 nitrogen and oxygen atoms in total. The molecule has 1 unspecified atom stereocenters. The molecule has 1 atom stereocenters. The molecule has 0 aliphatic rings. The standard InChI is InChI=1S/C15H26BrN3/c1-5-19(6-2)11-7-8-12(3)17-15-10-9-14(16)13(4)18-15/h9-10,12H,5-8,11H2,1-4H3,(H,17,18). The van der Waals surface area contributed by atoms with Crippen LogP contribution in [0.1, 0.15) is 39.3 Å². The van der Waals surface area contributed by atoms with Crippen molar-refractivity contribution in [3.63, 3.8) is 0 Å². The number of nitrogens with one attached hydrogen (secondary N) is 1. The van der Waals surface area contributed by atoms with Gasteiger partial charge in [-0.3, -0.25) is 0 Å². The lowest BCUT2D eigenvalue weighted by atomic mass is 10.1. The zero-order valence-electron chi connectivity index (χ0n) is 12.5. The molecule has 0 bridgehead atoms. The summed E-state index contributed by atoms with van der Waals surface area (Å²) in [7, 11) is 0. The number of halogens is 1. The van der Waals surface area contributed by atoms with E-state index in [-0.39, 0.29) is 0 Å². The number of aryl methyl sites for hydroxylation is 1. The topological polar surface area (TPSA) is 28.2 Å². The third kappa shape index (κ3) is 5.91. The Balaban J connectivity index is 2.34. The van der Waals surface area contributed by atoms with E-state index in [0.29, 0.717) is 6.04 Å². The molecule has 0 amide bonds. The highest BCUT2D eigenvalue weighted by molar-refractivity contribution is 9.10. The summed E-state index contributed by atoms with van der Waals surface area (Å²) in [5.74, 6) is 0.969. The van der Waals surface area contributed by atoms with Crippen LogP contribution in [-0.4, -0.2) is 35.6 Å². The Kier molecular flexibility index (Phi) is 7.39. The monoisotopic (exact) mass is 327 g/mol. The van der Waals surface area contributed by atoms with Crippen LogP contribution < -0.4 is 5.32 Å². The maximum atomic E-state index is 4.52. The van der Waals surface area contributed by atoms with E-state index in [1.807, 2.05) is 19.1 Å². The van der Waals surface area contributed by atoms with E-state index >= 15 is 0 Å². The highest BCUT2D eigenvalue weighted by Crippen LogP contribution is 2.17. The van der Waals surface area contributed by atoms with Crippen molar-refractivity contribution >= 4 is 21.7 Å². The van der Waals surface area contributed by atoms with Crippen molar-refractivity contribution in [1.82, 2.24) is 9.88 Å². The Morgan fingerprint density at radius 3 is 2.58 bits per heavy atom. The van der Waals surface area contributed by atoms with Crippen LogP contribution in [0.15, 0.2) is 16.6 Å². The molecule has 1 aromatic heterocycles. The van der Waals surface area contributed by atoms with Crippen molar-refractivity contribution in [3.05, 3.63) is 22.3 Å². The lowest BCUT2D eigenvalue weighted by Crippen LogP contribution is -2.25. The van der Waals surface area contributed by atoms with Crippen LogP contribution in [0.2, 0.25) is 0 Å². The molecule has 108 valence electrons. The SMILES string of the molecule is CCN(CC)CCCC(C)Nc1ccc(Br)c(C)n1. The van der Waals surface area contributed by atoms with Gasteiger partial charge in [0, 0.05) is 10.5 Å². The average Bonchev–Trinajstić information content (AvgIpc) is 2.39. The Labute approximate surface area is 125 Å². The van der Waals surface area contributed by atoms with Crippen LogP contribution in [0.4, 0.5) is 5.82 Å².